The molecule has 0 amide bonds. The molecule has 0 atom stereocenters. The molecule has 62 valence electrons. The molecule has 1 aromatic rings. The van der Waals surface area contributed by atoms with Gasteiger partial charge in [-0.2, -0.15) is 0 Å². The van der Waals surface area contributed by atoms with Gasteiger partial charge in [0.1, 0.15) is 11.5 Å². The molecule has 0 aliphatic heterocycles. The maximum atomic E-state index is 12.3. The van der Waals surface area contributed by atoms with Crippen LogP contribution in [0.2, 0.25) is 0 Å². The fourth-order valence-corrected chi connectivity index (χ4v) is 0.543. The van der Waals surface area contributed by atoms with Crippen LogP contribution in [0.4, 0.5) is 18.9 Å². The number of anilines is 1. The molecule has 2 N–H and O–H groups in total. The molecule has 1 nitrogen and oxygen atoms in total. The molecular weight excluding hydrogens is 179 g/mol. The minimum absolute atomic E-state index is 0. The van der Waals surface area contributed by atoms with E-state index < -0.39 is 23.1 Å². The molecule has 0 unspecified atom stereocenters. The lowest BCUT2D eigenvalue weighted by molar-refractivity contribution is 0.500. The standard InChI is InChI=1S/C6H4F3N.ClH/c7-3-1-2-4(8)6(10)5(3)9;/h1-2H,10H2;1H. The summed E-state index contributed by atoms with van der Waals surface area (Å²) in [7, 11) is 0. The molecule has 0 aliphatic carbocycles. The molecule has 0 aliphatic rings. The lowest BCUT2D eigenvalue weighted by Gasteiger charge is -1.97. The first-order valence-electron chi connectivity index (χ1n) is 2.52. The highest BCUT2D eigenvalue weighted by atomic mass is 35.5. The van der Waals surface area contributed by atoms with Gasteiger partial charge in [-0.3, -0.25) is 0 Å². The van der Waals surface area contributed by atoms with Crippen LogP contribution in [0.1, 0.15) is 0 Å². The first-order valence-corrected chi connectivity index (χ1v) is 2.52. The largest absolute Gasteiger partial charge is 0.394 e. The van der Waals surface area contributed by atoms with Gasteiger partial charge in [-0.15, -0.1) is 12.4 Å². The van der Waals surface area contributed by atoms with Crippen LogP contribution in [0, 0.1) is 17.5 Å². The summed E-state index contributed by atoms with van der Waals surface area (Å²) in [5.41, 5.74) is 4.01. The molecule has 0 aromatic heterocycles. The van der Waals surface area contributed by atoms with Gasteiger partial charge < -0.3 is 5.73 Å². The zero-order valence-corrected chi connectivity index (χ0v) is 6.09. The molecule has 0 heterocycles. The molecule has 0 bridgehead atoms. The van der Waals surface area contributed by atoms with Crippen LogP contribution in [0.15, 0.2) is 12.1 Å². The molecule has 0 spiro atoms. The number of halogens is 4. The summed E-state index contributed by atoms with van der Waals surface area (Å²) in [6.45, 7) is 0. The summed E-state index contributed by atoms with van der Waals surface area (Å²) in [6, 6.07) is 1.45. The van der Waals surface area contributed by atoms with E-state index in [-0.39, 0.29) is 12.4 Å². The van der Waals surface area contributed by atoms with Crippen molar-refractivity contribution in [1.82, 2.24) is 0 Å². The summed E-state index contributed by atoms with van der Waals surface area (Å²) in [4.78, 5) is 0. The Hall–Kier alpha value is -0.900. The van der Waals surface area contributed by atoms with Crippen molar-refractivity contribution in [2.45, 2.75) is 0 Å². The van der Waals surface area contributed by atoms with E-state index in [4.69, 9.17) is 5.73 Å². The van der Waals surface area contributed by atoms with Gasteiger partial charge in [0.05, 0.1) is 0 Å². The Morgan fingerprint density at radius 2 is 1.45 bits per heavy atom. The zero-order chi connectivity index (χ0) is 7.72. The van der Waals surface area contributed by atoms with Crippen LogP contribution in [-0.2, 0) is 0 Å². The Labute approximate surface area is 67.4 Å². The van der Waals surface area contributed by atoms with Crippen molar-refractivity contribution in [2.75, 3.05) is 5.73 Å². The zero-order valence-electron chi connectivity index (χ0n) is 5.27. The van der Waals surface area contributed by atoms with Gasteiger partial charge >= 0.3 is 0 Å². The van der Waals surface area contributed by atoms with E-state index in [1.807, 2.05) is 0 Å². The number of nitrogens with two attached hydrogens (primary N) is 1. The minimum atomic E-state index is -1.33. The third-order valence-corrected chi connectivity index (χ3v) is 1.08. The third-order valence-electron chi connectivity index (χ3n) is 1.08. The lowest BCUT2D eigenvalue weighted by atomic mass is 10.3. The van der Waals surface area contributed by atoms with Crippen LogP contribution in [0.5, 0.6) is 0 Å². The smallest absolute Gasteiger partial charge is 0.184 e. The van der Waals surface area contributed by atoms with E-state index in [1.54, 1.807) is 0 Å². The molecule has 0 fully saturated rings. The lowest BCUT2D eigenvalue weighted by Crippen LogP contribution is -1.97. The van der Waals surface area contributed by atoms with Gasteiger partial charge in [-0.1, -0.05) is 0 Å². The number of benzene rings is 1. The normalized spacial score (nSPS) is 9.00. The summed E-state index contributed by atoms with van der Waals surface area (Å²) in [6.07, 6.45) is 0. The number of hydrogen-bond acceptors (Lipinski definition) is 1. The Kier molecular flexibility index (Phi) is 3.19. The van der Waals surface area contributed by atoms with Gasteiger partial charge in [0, 0.05) is 0 Å². The average molecular weight is 184 g/mol. The number of nitrogen functional groups attached to an aromatic ring is 1. The molecule has 11 heavy (non-hydrogen) atoms. The average Bonchev–Trinajstić information content (AvgIpc) is 1.93. The van der Waals surface area contributed by atoms with Gasteiger partial charge in [-0.05, 0) is 12.1 Å². The first-order chi connectivity index (χ1) is 4.63. The predicted octanol–water partition coefficient (Wildman–Crippen LogP) is 2.11. The maximum Gasteiger partial charge on any atom is 0.184 e. The second-order valence-electron chi connectivity index (χ2n) is 1.76. The number of rotatable bonds is 0. The molecule has 1 rings (SSSR count). The van der Waals surface area contributed by atoms with Crippen molar-refractivity contribution in [3.8, 4) is 0 Å². The van der Waals surface area contributed by atoms with Crippen molar-refractivity contribution in [1.29, 1.82) is 0 Å². The van der Waals surface area contributed by atoms with E-state index >= 15 is 0 Å². The molecule has 1 aromatic carbocycles. The Morgan fingerprint density at radius 3 is 1.91 bits per heavy atom. The van der Waals surface area contributed by atoms with Crippen LogP contribution in [-0.4, -0.2) is 0 Å². The monoisotopic (exact) mass is 183 g/mol. The van der Waals surface area contributed by atoms with E-state index in [1.165, 1.54) is 0 Å². The van der Waals surface area contributed by atoms with Gasteiger partial charge in [0.15, 0.2) is 11.6 Å². The maximum absolute atomic E-state index is 12.3. The highest BCUT2D eigenvalue weighted by Crippen LogP contribution is 2.16. The van der Waals surface area contributed by atoms with Crippen LogP contribution in [0.3, 0.4) is 0 Å². The number of hydrogen-bond donors (Lipinski definition) is 1. The first kappa shape index (κ1) is 10.1. The van der Waals surface area contributed by atoms with Crippen molar-refractivity contribution in [3.63, 3.8) is 0 Å². The summed E-state index contributed by atoms with van der Waals surface area (Å²) >= 11 is 0. The van der Waals surface area contributed by atoms with Crippen LogP contribution >= 0.6 is 12.4 Å². The van der Waals surface area contributed by atoms with Crippen molar-refractivity contribution in [3.05, 3.63) is 29.6 Å². The Morgan fingerprint density at radius 1 is 1.00 bits per heavy atom. The summed E-state index contributed by atoms with van der Waals surface area (Å²) < 4.78 is 36.6. The summed E-state index contributed by atoms with van der Waals surface area (Å²) in [5.74, 6) is -3.42. The molecule has 0 saturated heterocycles. The Bertz CT molecular complexity index is 237. The van der Waals surface area contributed by atoms with Gasteiger partial charge in [-0.25, -0.2) is 13.2 Å². The molecular formula is C6H5ClF3N. The fraction of sp³-hybridized carbons (Fsp3) is 0. The molecule has 0 saturated carbocycles. The Balaban J connectivity index is 0.000001000. The van der Waals surface area contributed by atoms with Crippen LogP contribution in [0.25, 0.3) is 0 Å². The van der Waals surface area contributed by atoms with E-state index in [0.29, 0.717) is 6.07 Å². The van der Waals surface area contributed by atoms with Crippen molar-refractivity contribution >= 4 is 18.1 Å². The molecule has 0 radical (unpaired) electrons. The topological polar surface area (TPSA) is 26.0 Å². The van der Waals surface area contributed by atoms with Gasteiger partial charge in [0.2, 0.25) is 0 Å². The SMILES string of the molecule is Cl.Nc1c(F)ccc(F)c1F. The van der Waals surface area contributed by atoms with Crippen molar-refractivity contribution < 1.29 is 13.2 Å². The van der Waals surface area contributed by atoms with E-state index in [9.17, 15) is 13.2 Å². The fourth-order valence-electron chi connectivity index (χ4n) is 0.543. The third kappa shape index (κ3) is 1.77. The highest BCUT2D eigenvalue weighted by molar-refractivity contribution is 5.85. The summed E-state index contributed by atoms with van der Waals surface area (Å²) in [5, 5.41) is 0. The predicted molar refractivity (Wildman–Crippen MR) is 38.0 cm³/mol. The quantitative estimate of drug-likeness (QED) is 0.484. The van der Waals surface area contributed by atoms with E-state index in [0.717, 1.165) is 6.07 Å². The molecule has 5 heteroatoms. The second-order valence-corrected chi connectivity index (χ2v) is 1.76. The second kappa shape index (κ2) is 3.48. The van der Waals surface area contributed by atoms with Crippen LogP contribution < -0.4 is 5.73 Å². The van der Waals surface area contributed by atoms with E-state index in [2.05, 4.69) is 0 Å². The minimum Gasteiger partial charge on any atom is -0.394 e. The van der Waals surface area contributed by atoms with Crippen molar-refractivity contribution in [2.24, 2.45) is 0 Å². The highest BCUT2D eigenvalue weighted by Gasteiger charge is 2.08. The van der Waals surface area contributed by atoms with Gasteiger partial charge in [0.25, 0.3) is 0 Å².